The Balaban J connectivity index is 1.77. The summed E-state index contributed by atoms with van der Waals surface area (Å²) in [5, 5.41) is 21.8. The van der Waals surface area contributed by atoms with Crippen molar-refractivity contribution in [2.45, 2.75) is 43.8 Å². The highest BCUT2D eigenvalue weighted by atomic mass is 32.2. The van der Waals surface area contributed by atoms with Gasteiger partial charge in [-0.3, -0.25) is 9.36 Å². The molecule has 0 unspecified atom stereocenters. The summed E-state index contributed by atoms with van der Waals surface area (Å²) < 4.78 is 40.1. The molecule has 0 fully saturated rings. The molecule has 6 nitrogen and oxygen atoms in total. The highest BCUT2D eigenvalue weighted by Gasteiger charge is 2.30. The van der Waals surface area contributed by atoms with E-state index >= 15 is 0 Å². The molecule has 0 saturated heterocycles. The Kier molecular flexibility index (Phi) is 8.01. The van der Waals surface area contributed by atoms with Gasteiger partial charge in [-0.2, -0.15) is 13.2 Å². The second-order valence-corrected chi connectivity index (χ2v) is 8.88. The lowest BCUT2D eigenvalue weighted by Gasteiger charge is -2.12. The summed E-state index contributed by atoms with van der Waals surface area (Å²) in [5.74, 6) is 1.26. The topological polar surface area (TPSA) is 80.0 Å². The molecule has 1 aromatic heterocycles. The number of hydrogen-bond donors (Lipinski definition) is 2. The number of carbonyl (C=O) groups excluding carboxylic acids is 1. The minimum atomic E-state index is -4.38. The Hall–Kier alpha value is -3.01. The van der Waals surface area contributed by atoms with Gasteiger partial charge in [0.25, 0.3) is 0 Å². The number of aromatic nitrogens is 3. The van der Waals surface area contributed by atoms with E-state index in [0.717, 1.165) is 12.1 Å². The van der Waals surface area contributed by atoms with Gasteiger partial charge < -0.3 is 10.4 Å². The van der Waals surface area contributed by atoms with Crippen LogP contribution in [0.2, 0.25) is 0 Å². The van der Waals surface area contributed by atoms with Gasteiger partial charge in [0.2, 0.25) is 5.91 Å². The van der Waals surface area contributed by atoms with E-state index in [1.165, 1.54) is 23.9 Å². The monoisotopic (exact) mass is 478 g/mol. The number of carbonyl (C=O) groups is 1. The van der Waals surface area contributed by atoms with Gasteiger partial charge in [-0.15, -0.1) is 10.2 Å². The van der Waals surface area contributed by atoms with Crippen molar-refractivity contribution in [1.82, 2.24) is 20.1 Å². The van der Waals surface area contributed by atoms with Crippen LogP contribution in [0.3, 0.4) is 0 Å². The Morgan fingerprint density at radius 2 is 1.88 bits per heavy atom. The lowest BCUT2D eigenvalue weighted by molar-refractivity contribution is -0.137. The molecule has 0 atom stereocenters. The number of alkyl halides is 3. The van der Waals surface area contributed by atoms with Gasteiger partial charge in [-0.05, 0) is 35.7 Å². The molecule has 176 valence electrons. The van der Waals surface area contributed by atoms with E-state index < -0.39 is 11.7 Å². The molecule has 0 aliphatic heterocycles. The van der Waals surface area contributed by atoms with Crippen LogP contribution in [-0.2, 0) is 23.1 Å². The van der Waals surface area contributed by atoms with E-state index in [2.05, 4.69) is 15.5 Å². The van der Waals surface area contributed by atoms with Crippen LogP contribution in [-0.4, -0.2) is 32.3 Å². The molecule has 0 aliphatic rings. The molecule has 3 aromatic rings. The molecule has 10 heteroatoms. The molecule has 1 heterocycles. The molecule has 1 amide bonds. The normalized spacial score (nSPS) is 11.7. The fourth-order valence-corrected chi connectivity index (χ4v) is 3.94. The zero-order valence-electron chi connectivity index (χ0n) is 18.3. The van der Waals surface area contributed by atoms with Crippen LogP contribution in [0.15, 0.2) is 53.7 Å². The SMILES string of the molecule is CC(C)CNC(=O)CCc1nnc(SCc2ccc(C(F)(F)F)cc2)n1-c1cccc(O)c1. The quantitative estimate of drug-likeness (QED) is 0.424. The molecule has 0 radical (unpaired) electrons. The van der Waals surface area contributed by atoms with Gasteiger partial charge in [0, 0.05) is 31.2 Å². The predicted molar refractivity (Wildman–Crippen MR) is 120 cm³/mol. The number of phenolic OH excluding ortho intramolecular Hbond substituents is 1. The van der Waals surface area contributed by atoms with Crippen molar-refractivity contribution < 1.29 is 23.1 Å². The zero-order chi connectivity index (χ0) is 24.0. The number of nitrogens with one attached hydrogen (secondary N) is 1. The van der Waals surface area contributed by atoms with Gasteiger partial charge in [0.05, 0.1) is 11.3 Å². The standard InChI is InChI=1S/C23H25F3N4O2S/c1-15(2)13-27-21(32)11-10-20-28-29-22(30(20)18-4-3-5-19(31)12-18)33-14-16-6-8-17(9-7-16)23(24,25)26/h3-9,12,15,31H,10-11,13-14H2,1-2H3,(H,27,32). The molecular formula is C23H25F3N4O2S. The Morgan fingerprint density at radius 3 is 2.52 bits per heavy atom. The van der Waals surface area contributed by atoms with Crippen molar-refractivity contribution in [3.05, 3.63) is 65.5 Å². The number of nitrogens with zero attached hydrogens (tertiary/aromatic N) is 3. The Bertz CT molecular complexity index is 1080. The third kappa shape index (κ3) is 6.98. The maximum atomic E-state index is 12.8. The maximum Gasteiger partial charge on any atom is 0.416 e. The summed E-state index contributed by atoms with van der Waals surface area (Å²) >= 11 is 1.31. The van der Waals surface area contributed by atoms with Gasteiger partial charge in [0.15, 0.2) is 5.16 Å². The first-order valence-corrected chi connectivity index (χ1v) is 11.4. The predicted octanol–water partition coefficient (Wildman–Crippen LogP) is 4.99. The van der Waals surface area contributed by atoms with E-state index in [0.29, 0.717) is 46.9 Å². The molecule has 0 aliphatic carbocycles. The summed E-state index contributed by atoms with van der Waals surface area (Å²) in [6, 6.07) is 11.6. The number of halogens is 3. The molecule has 0 spiro atoms. The molecule has 0 bridgehead atoms. The van der Waals surface area contributed by atoms with Crippen molar-refractivity contribution in [3.8, 4) is 11.4 Å². The number of thioether (sulfide) groups is 1. The first-order valence-electron chi connectivity index (χ1n) is 10.4. The first-order chi connectivity index (χ1) is 15.6. The number of rotatable bonds is 9. The average Bonchev–Trinajstić information content (AvgIpc) is 3.17. The van der Waals surface area contributed by atoms with Gasteiger partial charge in [-0.25, -0.2) is 0 Å². The third-order valence-corrected chi connectivity index (χ3v) is 5.72. The number of aryl methyl sites for hydroxylation is 1. The number of amides is 1. The number of aromatic hydroxyl groups is 1. The van der Waals surface area contributed by atoms with Crippen molar-refractivity contribution in [3.63, 3.8) is 0 Å². The van der Waals surface area contributed by atoms with Gasteiger partial charge >= 0.3 is 6.18 Å². The first kappa shape index (κ1) is 24.6. The summed E-state index contributed by atoms with van der Waals surface area (Å²) in [4.78, 5) is 12.1. The highest BCUT2D eigenvalue weighted by Crippen LogP contribution is 2.31. The molecule has 2 N–H and O–H groups in total. The second kappa shape index (κ2) is 10.7. The lowest BCUT2D eigenvalue weighted by Crippen LogP contribution is -2.27. The Morgan fingerprint density at radius 1 is 1.15 bits per heavy atom. The van der Waals surface area contributed by atoms with Crippen molar-refractivity contribution >= 4 is 17.7 Å². The van der Waals surface area contributed by atoms with E-state index in [9.17, 15) is 23.1 Å². The highest BCUT2D eigenvalue weighted by molar-refractivity contribution is 7.98. The lowest BCUT2D eigenvalue weighted by atomic mass is 10.1. The second-order valence-electron chi connectivity index (χ2n) is 7.94. The molecule has 0 saturated carbocycles. The van der Waals surface area contributed by atoms with Crippen LogP contribution in [0.5, 0.6) is 5.75 Å². The summed E-state index contributed by atoms with van der Waals surface area (Å²) in [6.07, 6.45) is -3.81. The van der Waals surface area contributed by atoms with E-state index in [1.807, 2.05) is 13.8 Å². The van der Waals surface area contributed by atoms with Gasteiger partial charge in [0.1, 0.15) is 11.6 Å². The Labute approximate surface area is 194 Å². The van der Waals surface area contributed by atoms with Crippen LogP contribution in [0.25, 0.3) is 5.69 Å². The molecule has 2 aromatic carbocycles. The number of hydrogen-bond acceptors (Lipinski definition) is 5. The van der Waals surface area contributed by atoms with E-state index in [1.54, 1.807) is 28.8 Å². The molecule has 33 heavy (non-hydrogen) atoms. The van der Waals surface area contributed by atoms with Crippen LogP contribution < -0.4 is 5.32 Å². The minimum Gasteiger partial charge on any atom is -0.508 e. The van der Waals surface area contributed by atoms with Crippen LogP contribution in [0, 0.1) is 5.92 Å². The van der Waals surface area contributed by atoms with Crippen molar-refractivity contribution in [1.29, 1.82) is 0 Å². The fraction of sp³-hybridized carbons (Fsp3) is 0.348. The van der Waals surface area contributed by atoms with Crippen LogP contribution in [0.1, 0.15) is 37.2 Å². The maximum absolute atomic E-state index is 12.8. The third-order valence-electron chi connectivity index (χ3n) is 4.72. The number of benzene rings is 2. The van der Waals surface area contributed by atoms with Crippen LogP contribution in [0.4, 0.5) is 13.2 Å². The fourth-order valence-electron chi connectivity index (χ4n) is 3.02. The smallest absolute Gasteiger partial charge is 0.416 e. The van der Waals surface area contributed by atoms with Crippen LogP contribution >= 0.6 is 11.8 Å². The summed E-state index contributed by atoms with van der Waals surface area (Å²) in [7, 11) is 0. The summed E-state index contributed by atoms with van der Waals surface area (Å²) in [6.45, 7) is 4.62. The minimum absolute atomic E-state index is 0.0699. The summed E-state index contributed by atoms with van der Waals surface area (Å²) in [5.41, 5.74) is 0.637. The van der Waals surface area contributed by atoms with E-state index in [4.69, 9.17) is 0 Å². The molecular weight excluding hydrogens is 453 g/mol. The van der Waals surface area contributed by atoms with Gasteiger partial charge in [-0.1, -0.05) is 43.8 Å². The average molecular weight is 479 g/mol. The van der Waals surface area contributed by atoms with Crippen molar-refractivity contribution in [2.75, 3.05) is 6.54 Å². The van der Waals surface area contributed by atoms with Crippen molar-refractivity contribution in [2.24, 2.45) is 5.92 Å². The number of phenols is 1. The molecule has 3 rings (SSSR count). The largest absolute Gasteiger partial charge is 0.508 e. The zero-order valence-corrected chi connectivity index (χ0v) is 19.1. The van der Waals surface area contributed by atoms with E-state index in [-0.39, 0.29) is 18.1 Å².